The van der Waals surface area contributed by atoms with Crippen molar-refractivity contribution in [3.63, 3.8) is 0 Å². The Morgan fingerprint density at radius 3 is 2.71 bits per heavy atom. The number of fused-ring (bicyclic) bond motifs is 1. The van der Waals surface area contributed by atoms with E-state index in [1.54, 1.807) is 6.20 Å². The molecular weight excluding hydrogens is 641 g/mol. The fourth-order valence-corrected chi connectivity index (χ4v) is 9.51. The Balaban J connectivity index is 0.920. The van der Waals surface area contributed by atoms with Crippen LogP contribution in [0.1, 0.15) is 68.7 Å². The fraction of sp³-hybridized carbons (Fsp3) is 0.474. The van der Waals surface area contributed by atoms with Crippen LogP contribution in [0.25, 0.3) is 10.9 Å². The van der Waals surface area contributed by atoms with Gasteiger partial charge in [-0.05, 0) is 98.9 Å². The molecule has 1 atom stereocenters. The molecule has 3 aliphatic carbocycles. The summed E-state index contributed by atoms with van der Waals surface area (Å²) in [7, 11) is 0. The number of hydrogen-bond donors (Lipinski definition) is 1. The first kappa shape index (κ1) is 32.0. The minimum atomic E-state index is -0.417. The molecule has 9 nitrogen and oxygen atoms in total. The fourth-order valence-electron chi connectivity index (χ4n) is 9.30. The van der Waals surface area contributed by atoms with E-state index >= 15 is 0 Å². The van der Waals surface area contributed by atoms with Crippen LogP contribution in [-0.2, 0) is 17.9 Å². The zero-order valence-corrected chi connectivity index (χ0v) is 28.8. The molecule has 11 heteroatoms. The molecule has 2 aromatic heterocycles. The van der Waals surface area contributed by atoms with E-state index in [0.29, 0.717) is 23.3 Å². The number of anilines is 1. The average molecular weight is 682 g/mol. The molecule has 2 aliphatic heterocycles. The number of benzene rings is 2. The van der Waals surface area contributed by atoms with Crippen LogP contribution in [0.3, 0.4) is 0 Å². The Bertz CT molecular complexity index is 1990. The number of rotatable bonds is 10. The summed E-state index contributed by atoms with van der Waals surface area (Å²) in [6.45, 7) is 9.55. The number of carbonyl (C=O) groups excluding carboxylic acids is 1. The molecular formula is C38H41ClFN7O2. The Kier molecular flexibility index (Phi) is 7.84. The predicted molar refractivity (Wildman–Crippen MR) is 186 cm³/mol. The number of amides is 1. The summed E-state index contributed by atoms with van der Waals surface area (Å²) in [6.07, 6.45) is 10.1. The second-order valence-corrected chi connectivity index (χ2v) is 15.5. The predicted octanol–water partition coefficient (Wildman–Crippen LogP) is 7.14. The van der Waals surface area contributed by atoms with Crippen LogP contribution in [0.2, 0.25) is 5.02 Å². The Morgan fingerprint density at radius 1 is 1.12 bits per heavy atom. The normalized spacial score (nSPS) is 25.7. The van der Waals surface area contributed by atoms with Gasteiger partial charge in [0.2, 0.25) is 5.91 Å². The number of ether oxygens (including phenoxy) is 1. The van der Waals surface area contributed by atoms with Crippen molar-refractivity contribution in [1.82, 2.24) is 24.8 Å². The molecule has 3 saturated carbocycles. The number of hydrogen-bond acceptors (Lipinski definition) is 7. The first-order valence-corrected chi connectivity index (χ1v) is 17.7. The molecule has 2 bridgehead atoms. The molecule has 1 amide bonds. The third-order valence-electron chi connectivity index (χ3n) is 11.7. The lowest BCUT2D eigenvalue weighted by Crippen LogP contribution is -2.74. The Morgan fingerprint density at radius 2 is 1.94 bits per heavy atom. The van der Waals surface area contributed by atoms with E-state index in [2.05, 4.69) is 60.8 Å². The van der Waals surface area contributed by atoms with Crippen LogP contribution in [0.4, 0.5) is 10.2 Å². The number of nitriles is 1. The summed E-state index contributed by atoms with van der Waals surface area (Å²) >= 11 is 6.24. The summed E-state index contributed by atoms with van der Waals surface area (Å²) in [5.41, 5.74) is 4.90. The topological polar surface area (TPSA) is 99.3 Å². The summed E-state index contributed by atoms with van der Waals surface area (Å²) in [5.74, 6) is 1.32. The molecule has 254 valence electrons. The summed E-state index contributed by atoms with van der Waals surface area (Å²) in [5, 5.41) is 14.7. The number of likely N-dealkylation sites (tertiary alicyclic amines) is 1. The molecule has 0 radical (unpaired) electrons. The van der Waals surface area contributed by atoms with E-state index < -0.39 is 5.82 Å². The number of carbonyl (C=O) groups is 1. The van der Waals surface area contributed by atoms with Crippen molar-refractivity contribution < 1.29 is 13.9 Å². The van der Waals surface area contributed by atoms with E-state index in [4.69, 9.17) is 16.3 Å². The molecule has 5 aliphatic rings. The van der Waals surface area contributed by atoms with Crippen LogP contribution < -0.4 is 15.0 Å². The maximum absolute atomic E-state index is 13.6. The molecule has 1 N–H and O–H groups in total. The van der Waals surface area contributed by atoms with Crippen molar-refractivity contribution in [2.24, 2.45) is 10.8 Å². The lowest BCUT2D eigenvalue weighted by Gasteiger charge is -2.71. The van der Waals surface area contributed by atoms with Gasteiger partial charge in [0.15, 0.2) is 11.6 Å². The van der Waals surface area contributed by atoms with Crippen molar-refractivity contribution in [3.05, 3.63) is 76.6 Å². The van der Waals surface area contributed by atoms with Crippen molar-refractivity contribution in [2.75, 3.05) is 31.1 Å². The van der Waals surface area contributed by atoms with E-state index in [1.165, 1.54) is 35.7 Å². The van der Waals surface area contributed by atoms with E-state index in [1.807, 2.05) is 6.92 Å². The van der Waals surface area contributed by atoms with Crippen molar-refractivity contribution >= 4 is 34.2 Å². The average Bonchev–Trinajstić information content (AvgIpc) is 3.77. The monoisotopic (exact) mass is 681 g/mol. The quantitative estimate of drug-likeness (QED) is 0.190. The molecule has 2 saturated heterocycles. The van der Waals surface area contributed by atoms with Crippen molar-refractivity contribution in [3.8, 4) is 17.6 Å². The zero-order valence-electron chi connectivity index (χ0n) is 28.1. The molecule has 9 rings (SSSR count). The number of aryl methyl sites for hydroxylation is 2. The third kappa shape index (κ3) is 5.71. The Labute approximate surface area is 291 Å². The van der Waals surface area contributed by atoms with Crippen LogP contribution in [0.5, 0.6) is 11.5 Å². The SMILES string of the molecule is CCC(=O)NC12CC(CCn3c(C#N)cc4c(C)c(CN5CCC6(CCN(c7ncncc7Oc7ccc(F)cc7Cl)C6)C5)ccc43)(C1)C2. The first-order valence-electron chi connectivity index (χ1n) is 17.3. The standard InChI is InChI=1S/C38H41ClFN7O2/c1-3-34(48)44-38-19-37(20-38,21-38)10-13-47-28(16-41)15-29-25(2)26(4-6-31(29)47)18-45-11-8-36(22-45)9-12-46(23-36)35-33(17-42-24-43-35)49-32-7-5-27(40)14-30(32)39/h4-7,14-15,17,24H,3,8-13,18-23H2,1-2H3,(H,44,48). The summed E-state index contributed by atoms with van der Waals surface area (Å²) < 4.78 is 21.9. The first-order chi connectivity index (χ1) is 23.6. The summed E-state index contributed by atoms with van der Waals surface area (Å²) in [4.78, 5) is 25.5. The van der Waals surface area contributed by atoms with Gasteiger partial charge < -0.3 is 19.5 Å². The lowest BCUT2D eigenvalue weighted by atomic mass is 9.38. The van der Waals surface area contributed by atoms with Crippen LogP contribution >= 0.6 is 11.6 Å². The second-order valence-electron chi connectivity index (χ2n) is 15.1. The minimum Gasteiger partial charge on any atom is -0.450 e. The van der Waals surface area contributed by atoms with Crippen molar-refractivity contribution in [1.29, 1.82) is 5.26 Å². The van der Waals surface area contributed by atoms with Gasteiger partial charge in [-0.25, -0.2) is 14.4 Å². The van der Waals surface area contributed by atoms with Gasteiger partial charge in [0.1, 0.15) is 29.7 Å². The maximum Gasteiger partial charge on any atom is 0.220 e. The highest BCUT2D eigenvalue weighted by atomic mass is 35.5. The molecule has 1 unspecified atom stereocenters. The molecule has 49 heavy (non-hydrogen) atoms. The van der Waals surface area contributed by atoms with Crippen molar-refractivity contribution in [2.45, 2.75) is 77.4 Å². The van der Waals surface area contributed by atoms with E-state index in [0.717, 1.165) is 100 Å². The Hall–Kier alpha value is -4.20. The molecule has 5 fully saturated rings. The van der Waals surface area contributed by atoms with E-state index in [-0.39, 0.29) is 21.9 Å². The van der Waals surface area contributed by atoms with Gasteiger partial charge in [0, 0.05) is 61.0 Å². The number of halogens is 2. The van der Waals surface area contributed by atoms with Gasteiger partial charge in [-0.3, -0.25) is 9.69 Å². The van der Waals surface area contributed by atoms with Crippen LogP contribution in [0.15, 0.2) is 48.9 Å². The third-order valence-corrected chi connectivity index (χ3v) is 12.0. The molecule has 2 aromatic carbocycles. The lowest BCUT2D eigenvalue weighted by molar-refractivity contribution is -0.169. The van der Waals surface area contributed by atoms with Gasteiger partial charge >= 0.3 is 0 Å². The number of aromatic nitrogens is 3. The molecule has 4 aromatic rings. The summed E-state index contributed by atoms with van der Waals surface area (Å²) in [6, 6.07) is 13.1. The van der Waals surface area contributed by atoms with Gasteiger partial charge in [-0.1, -0.05) is 24.6 Å². The number of nitrogens with zero attached hydrogens (tertiary/aromatic N) is 6. The van der Waals surface area contributed by atoms with Gasteiger partial charge in [-0.2, -0.15) is 5.26 Å². The van der Waals surface area contributed by atoms with E-state index in [9.17, 15) is 14.4 Å². The van der Waals surface area contributed by atoms with Gasteiger partial charge in [0.25, 0.3) is 0 Å². The van der Waals surface area contributed by atoms with Gasteiger partial charge in [0.05, 0.1) is 11.2 Å². The highest BCUT2D eigenvalue weighted by Crippen LogP contribution is 2.69. The molecule has 4 heterocycles. The highest BCUT2D eigenvalue weighted by Gasteiger charge is 2.67. The maximum atomic E-state index is 13.6. The minimum absolute atomic E-state index is 0.0353. The zero-order chi connectivity index (χ0) is 34.0. The molecule has 1 spiro atoms. The highest BCUT2D eigenvalue weighted by molar-refractivity contribution is 6.32. The number of nitrogens with one attached hydrogen (secondary N) is 1. The van der Waals surface area contributed by atoms with Gasteiger partial charge in [-0.15, -0.1) is 0 Å². The largest absolute Gasteiger partial charge is 0.450 e. The second kappa shape index (κ2) is 12.0. The van der Waals surface area contributed by atoms with Crippen LogP contribution in [0, 0.1) is 34.9 Å². The van der Waals surface area contributed by atoms with Crippen LogP contribution in [-0.4, -0.2) is 57.1 Å². The smallest absolute Gasteiger partial charge is 0.220 e.